The Morgan fingerprint density at radius 2 is 1.94 bits per heavy atom. The lowest BCUT2D eigenvalue weighted by Gasteiger charge is -2.35. The van der Waals surface area contributed by atoms with Gasteiger partial charge in [0.15, 0.2) is 0 Å². The van der Waals surface area contributed by atoms with E-state index in [1.807, 2.05) is 45.0 Å². The minimum Gasteiger partial charge on any atom is -0.444 e. The summed E-state index contributed by atoms with van der Waals surface area (Å²) in [4.78, 5) is 22.1. The third kappa shape index (κ3) is 7.65. The van der Waals surface area contributed by atoms with E-state index in [4.69, 9.17) is 16.3 Å². The molecule has 0 aliphatic carbocycles. The molecule has 0 atom stereocenters. The number of ether oxygens (including phenoxy) is 1. The van der Waals surface area contributed by atoms with E-state index < -0.39 is 15.6 Å². The van der Waals surface area contributed by atoms with Gasteiger partial charge in [-0.2, -0.15) is 4.31 Å². The van der Waals surface area contributed by atoms with Crippen molar-refractivity contribution < 1.29 is 17.9 Å². The molecule has 2 aromatic rings. The van der Waals surface area contributed by atoms with E-state index in [0.29, 0.717) is 25.3 Å². The number of likely N-dealkylation sites (tertiary alicyclic amines) is 1. The zero-order valence-corrected chi connectivity index (χ0v) is 21.1. The highest BCUT2D eigenvalue weighted by Gasteiger charge is 2.29. The second-order valence-electron chi connectivity index (χ2n) is 9.38. The number of piperidine rings is 1. The molecule has 0 saturated carbocycles. The zero-order chi connectivity index (χ0) is 24.2. The van der Waals surface area contributed by atoms with E-state index in [-0.39, 0.29) is 23.8 Å². The Morgan fingerprint density at radius 3 is 2.55 bits per heavy atom. The number of halogens is 1. The molecular weight excluding hydrogens is 464 g/mol. The quantitative estimate of drug-likeness (QED) is 0.558. The highest BCUT2D eigenvalue weighted by atomic mass is 35.5. The van der Waals surface area contributed by atoms with Gasteiger partial charge in [0.2, 0.25) is 15.3 Å². The molecule has 1 aromatic heterocycles. The number of sulfonamides is 1. The number of carbonyl (C=O) groups is 1. The molecule has 0 bridgehead atoms. The van der Waals surface area contributed by atoms with Crippen molar-refractivity contribution in [1.29, 1.82) is 0 Å². The van der Waals surface area contributed by atoms with Gasteiger partial charge in [0, 0.05) is 37.9 Å². The summed E-state index contributed by atoms with van der Waals surface area (Å²) < 4.78 is 32.0. The molecule has 1 aliphatic rings. The summed E-state index contributed by atoms with van der Waals surface area (Å²) in [5.41, 5.74) is 1.85. The summed E-state index contributed by atoms with van der Waals surface area (Å²) in [7, 11) is -3.42. The van der Waals surface area contributed by atoms with Crippen LogP contribution in [0, 0.1) is 5.92 Å². The van der Waals surface area contributed by atoms with Crippen molar-refractivity contribution in [2.24, 2.45) is 5.92 Å². The summed E-state index contributed by atoms with van der Waals surface area (Å²) in [5, 5.41) is 0.161. The lowest BCUT2D eigenvalue weighted by molar-refractivity contribution is 0.0177. The first-order valence-electron chi connectivity index (χ1n) is 10.9. The van der Waals surface area contributed by atoms with Gasteiger partial charge in [0.1, 0.15) is 5.60 Å². The molecule has 0 N–H and O–H groups in total. The second kappa shape index (κ2) is 10.4. The standard InChI is InChI=1S/C23H31ClN4O4S/c1-23(2,3)32-22(29)27-12-9-17(10-13-27)15-28(33(4,30)31)16-18-6-5-7-19(14-18)20-8-11-25-21(24)26-20/h5-8,11,14,17H,9-10,12-13,15-16H2,1-4H3. The molecule has 3 rings (SSSR count). The number of hydrogen-bond acceptors (Lipinski definition) is 6. The number of carbonyl (C=O) groups excluding carboxylic acids is 1. The smallest absolute Gasteiger partial charge is 0.410 e. The number of hydrogen-bond donors (Lipinski definition) is 0. The number of benzene rings is 1. The summed E-state index contributed by atoms with van der Waals surface area (Å²) in [6.07, 6.45) is 3.96. The van der Waals surface area contributed by atoms with Crippen LogP contribution in [-0.4, -0.2) is 65.2 Å². The minimum absolute atomic E-state index is 0.161. The minimum atomic E-state index is -3.42. The molecule has 1 amide bonds. The Labute approximate surface area is 201 Å². The molecule has 0 radical (unpaired) electrons. The number of nitrogens with zero attached hydrogens (tertiary/aromatic N) is 4. The molecule has 8 nitrogen and oxygen atoms in total. The van der Waals surface area contributed by atoms with Gasteiger partial charge in [-0.3, -0.25) is 0 Å². The first kappa shape index (κ1) is 25.4. The SMILES string of the molecule is CC(C)(C)OC(=O)N1CCC(CN(Cc2cccc(-c3ccnc(Cl)n3)c2)S(C)(=O)=O)CC1. The largest absolute Gasteiger partial charge is 0.444 e. The van der Waals surface area contributed by atoms with Gasteiger partial charge < -0.3 is 9.64 Å². The lowest BCUT2D eigenvalue weighted by Crippen LogP contribution is -2.44. The Kier molecular flexibility index (Phi) is 7.97. The predicted molar refractivity (Wildman–Crippen MR) is 128 cm³/mol. The van der Waals surface area contributed by atoms with E-state index in [2.05, 4.69) is 9.97 Å². The molecule has 0 unspecified atom stereocenters. The zero-order valence-electron chi connectivity index (χ0n) is 19.5. The summed E-state index contributed by atoms with van der Waals surface area (Å²) in [6, 6.07) is 9.36. The van der Waals surface area contributed by atoms with Crippen LogP contribution in [0.2, 0.25) is 5.28 Å². The fourth-order valence-corrected chi connectivity index (χ4v) is 4.77. The van der Waals surface area contributed by atoms with E-state index in [1.165, 1.54) is 10.6 Å². The van der Waals surface area contributed by atoms with Crippen LogP contribution in [0.5, 0.6) is 0 Å². The van der Waals surface area contributed by atoms with Crippen molar-refractivity contribution in [2.75, 3.05) is 25.9 Å². The van der Waals surface area contributed by atoms with Crippen molar-refractivity contribution in [2.45, 2.75) is 45.8 Å². The molecule has 10 heteroatoms. The summed E-state index contributed by atoms with van der Waals surface area (Å²) in [5.74, 6) is 0.169. The Balaban J connectivity index is 1.65. The van der Waals surface area contributed by atoms with Crippen molar-refractivity contribution in [1.82, 2.24) is 19.2 Å². The maximum atomic E-state index is 12.5. The van der Waals surface area contributed by atoms with Gasteiger partial charge in [-0.1, -0.05) is 18.2 Å². The summed E-state index contributed by atoms with van der Waals surface area (Å²) >= 11 is 5.91. The van der Waals surface area contributed by atoms with Gasteiger partial charge in [0.25, 0.3) is 0 Å². The highest BCUT2D eigenvalue weighted by molar-refractivity contribution is 7.88. The van der Waals surface area contributed by atoms with E-state index in [1.54, 1.807) is 17.2 Å². The maximum absolute atomic E-state index is 12.5. The van der Waals surface area contributed by atoms with Crippen LogP contribution in [0.25, 0.3) is 11.3 Å². The fourth-order valence-electron chi connectivity index (χ4n) is 3.76. The average molecular weight is 495 g/mol. The van der Waals surface area contributed by atoms with Crippen LogP contribution in [0.1, 0.15) is 39.2 Å². The molecular formula is C23H31ClN4O4S. The third-order valence-corrected chi connectivity index (χ3v) is 6.80. The topological polar surface area (TPSA) is 92.7 Å². The molecule has 33 heavy (non-hydrogen) atoms. The van der Waals surface area contributed by atoms with Gasteiger partial charge >= 0.3 is 6.09 Å². The van der Waals surface area contributed by atoms with Gasteiger partial charge in [0.05, 0.1) is 11.9 Å². The average Bonchev–Trinajstić information content (AvgIpc) is 2.72. The van der Waals surface area contributed by atoms with Crippen molar-refractivity contribution in [3.63, 3.8) is 0 Å². The normalized spacial score (nSPS) is 15.6. The maximum Gasteiger partial charge on any atom is 0.410 e. The van der Waals surface area contributed by atoms with Crippen LogP contribution >= 0.6 is 11.6 Å². The van der Waals surface area contributed by atoms with Crippen molar-refractivity contribution in [3.05, 3.63) is 47.4 Å². The highest BCUT2D eigenvalue weighted by Crippen LogP contribution is 2.24. The lowest BCUT2D eigenvalue weighted by atomic mass is 9.97. The van der Waals surface area contributed by atoms with Crippen LogP contribution in [0.4, 0.5) is 4.79 Å². The predicted octanol–water partition coefficient (Wildman–Crippen LogP) is 4.21. The van der Waals surface area contributed by atoms with E-state index in [0.717, 1.165) is 24.0 Å². The molecule has 2 heterocycles. The third-order valence-electron chi connectivity index (χ3n) is 5.40. The molecule has 1 aliphatic heterocycles. The van der Waals surface area contributed by atoms with Crippen molar-refractivity contribution >= 4 is 27.7 Å². The van der Waals surface area contributed by atoms with Gasteiger partial charge in [-0.05, 0) is 68.8 Å². The monoisotopic (exact) mass is 494 g/mol. The van der Waals surface area contributed by atoms with Crippen LogP contribution in [0.15, 0.2) is 36.5 Å². The van der Waals surface area contributed by atoms with Gasteiger partial charge in [-0.25, -0.2) is 23.2 Å². The number of aromatic nitrogens is 2. The van der Waals surface area contributed by atoms with Crippen molar-refractivity contribution in [3.8, 4) is 11.3 Å². The Bertz CT molecular complexity index is 1080. The van der Waals surface area contributed by atoms with Crippen LogP contribution < -0.4 is 0 Å². The Hall–Kier alpha value is -2.23. The molecule has 1 saturated heterocycles. The second-order valence-corrected chi connectivity index (χ2v) is 11.7. The van der Waals surface area contributed by atoms with E-state index in [9.17, 15) is 13.2 Å². The first-order chi connectivity index (χ1) is 15.4. The van der Waals surface area contributed by atoms with Gasteiger partial charge in [-0.15, -0.1) is 0 Å². The summed E-state index contributed by atoms with van der Waals surface area (Å²) in [6.45, 7) is 7.31. The van der Waals surface area contributed by atoms with E-state index >= 15 is 0 Å². The number of amides is 1. The number of rotatable bonds is 6. The molecule has 1 aromatic carbocycles. The fraction of sp³-hybridized carbons (Fsp3) is 0.522. The van der Waals surface area contributed by atoms with Crippen LogP contribution in [-0.2, 0) is 21.3 Å². The first-order valence-corrected chi connectivity index (χ1v) is 13.1. The molecule has 180 valence electrons. The molecule has 0 spiro atoms. The van der Waals surface area contributed by atoms with Crippen LogP contribution in [0.3, 0.4) is 0 Å². The Morgan fingerprint density at radius 1 is 1.24 bits per heavy atom. The molecule has 1 fully saturated rings.